The third kappa shape index (κ3) is 5.32. The second kappa shape index (κ2) is 8.82. The second-order valence-corrected chi connectivity index (χ2v) is 6.72. The third-order valence-electron chi connectivity index (χ3n) is 4.18. The van der Waals surface area contributed by atoms with Crippen LogP contribution in [-0.4, -0.2) is 13.1 Å². The first-order valence-electron chi connectivity index (χ1n) is 8.07. The van der Waals surface area contributed by atoms with E-state index in [9.17, 15) is 0 Å². The molecule has 0 aromatic heterocycles. The van der Waals surface area contributed by atoms with Crippen molar-refractivity contribution < 1.29 is 0 Å². The minimum Gasteiger partial charge on any atom is -0.313 e. The molecule has 0 radical (unpaired) electrons. The van der Waals surface area contributed by atoms with E-state index in [1.165, 1.54) is 44.1 Å². The van der Waals surface area contributed by atoms with Gasteiger partial charge in [0.05, 0.1) is 10.0 Å². The van der Waals surface area contributed by atoms with Crippen LogP contribution in [0.2, 0.25) is 10.0 Å². The summed E-state index contributed by atoms with van der Waals surface area (Å²) < 4.78 is 0. The van der Waals surface area contributed by atoms with E-state index < -0.39 is 0 Å². The Morgan fingerprint density at radius 3 is 2.62 bits per heavy atom. The predicted octanol–water partition coefficient (Wildman–Crippen LogP) is 5.96. The van der Waals surface area contributed by atoms with Gasteiger partial charge in [-0.25, -0.2) is 0 Å². The molecule has 2 rings (SSSR count). The number of nitrogens with one attached hydrogen (secondary N) is 1. The third-order valence-corrected chi connectivity index (χ3v) is 4.92. The second-order valence-electron chi connectivity index (χ2n) is 5.90. The topological polar surface area (TPSA) is 12.0 Å². The molecular weight excluding hydrogens is 301 g/mol. The van der Waals surface area contributed by atoms with Crippen molar-refractivity contribution in [2.24, 2.45) is 5.92 Å². The molecule has 1 aromatic rings. The molecule has 1 N–H and O–H groups in total. The molecule has 0 atom stereocenters. The van der Waals surface area contributed by atoms with Crippen LogP contribution in [0.3, 0.4) is 0 Å². The quantitative estimate of drug-likeness (QED) is 0.636. The van der Waals surface area contributed by atoms with Gasteiger partial charge in [-0.15, -0.1) is 0 Å². The lowest BCUT2D eigenvalue weighted by Crippen LogP contribution is -2.23. The molecule has 1 aliphatic rings. The van der Waals surface area contributed by atoms with Crippen LogP contribution < -0.4 is 5.32 Å². The zero-order valence-corrected chi connectivity index (χ0v) is 14.3. The molecule has 0 aliphatic heterocycles. The molecule has 1 saturated carbocycles. The molecule has 0 unspecified atom stereocenters. The lowest BCUT2D eigenvalue weighted by atomic mass is 9.83. The highest BCUT2D eigenvalue weighted by Gasteiger charge is 2.17. The molecule has 116 valence electrons. The van der Waals surface area contributed by atoms with Crippen LogP contribution in [0, 0.1) is 5.92 Å². The van der Waals surface area contributed by atoms with Gasteiger partial charge in [-0.2, -0.15) is 0 Å². The maximum Gasteiger partial charge on any atom is 0.0598 e. The summed E-state index contributed by atoms with van der Waals surface area (Å²) >= 11 is 12.1. The van der Waals surface area contributed by atoms with Gasteiger partial charge in [0.15, 0.2) is 0 Å². The molecule has 0 bridgehead atoms. The minimum absolute atomic E-state index is 0.622. The van der Waals surface area contributed by atoms with E-state index in [2.05, 4.69) is 24.4 Å². The SMILES string of the molecule is CCCNC/C(=C/c1ccc(Cl)c(Cl)c1)C1CCCCC1. The van der Waals surface area contributed by atoms with Gasteiger partial charge in [0.2, 0.25) is 0 Å². The zero-order valence-electron chi connectivity index (χ0n) is 12.8. The maximum atomic E-state index is 6.13. The van der Waals surface area contributed by atoms with Crippen LogP contribution in [0.1, 0.15) is 51.0 Å². The van der Waals surface area contributed by atoms with E-state index in [1.54, 1.807) is 0 Å². The molecule has 0 heterocycles. The average molecular weight is 326 g/mol. The van der Waals surface area contributed by atoms with Crippen LogP contribution in [0.25, 0.3) is 6.08 Å². The van der Waals surface area contributed by atoms with E-state index in [0.717, 1.165) is 24.6 Å². The fourth-order valence-electron chi connectivity index (χ4n) is 3.01. The highest BCUT2D eigenvalue weighted by Crippen LogP contribution is 2.31. The maximum absolute atomic E-state index is 6.13. The fraction of sp³-hybridized carbons (Fsp3) is 0.556. The zero-order chi connectivity index (χ0) is 15.1. The fourth-order valence-corrected chi connectivity index (χ4v) is 3.32. The van der Waals surface area contributed by atoms with Gasteiger partial charge in [-0.3, -0.25) is 0 Å². The van der Waals surface area contributed by atoms with Crippen molar-refractivity contribution in [3.8, 4) is 0 Å². The molecule has 1 nitrogen and oxygen atoms in total. The van der Waals surface area contributed by atoms with Crippen molar-refractivity contribution in [1.29, 1.82) is 0 Å². The van der Waals surface area contributed by atoms with E-state index in [0.29, 0.717) is 10.0 Å². The van der Waals surface area contributed by atoms with Crippen molar-refractivity contribution in [2.75, 3.05) is 13.1 Å². The van der Waals surface area contributed by atoms with Crippen LogP contribution in [-0.2, 0) is 0 Å². The smallest absolute Gasteiger partial charge is 0.0598 e. The minimum atomic E-state index is 0.622. The van der Waals surface area contributed by atoms with Crippen molar-refractivity contribution in [1.82, 2.24) is 5.32 Å². The van der Waals surface area contributed by atoms with Crippen LogP contribution >= 0.6 is 23.2 Å². The van der Waals surface area contributed by atoms with Crippen LogP contribution in [0.4, 0.5) is 0 Å². The number of rotatable bonds is 6. The monoisotopic (exact) mass is 325 g/mol. The number of halogens is 2. The molecule has 0 spiro atoms. The summed E-state index contributed by atoms with van der Waals surface area (Å²) in [4.78, 5) is 0. The Labute approximate surface area is 138 Å². The Hall–Kier alpha value is -0.500. The van der Waals surface area contributed by atoms with Gasteiger partial charge < -0.3 is 5.32 Å². The summed E-state index contributed by atoms with van der Waals surface area (Å²) in [5.41, 5.74) is 2.67. The Balaban J connectivity index is 2.15. The summed E-state index contributed by atoms with van der Waals surface area (Å²) in [7, 11) is 0. The number of hydrogen-bond donors (Lipinski definition) is 1. The lowest BCUT2D eigenvalue weighted by Gasteiger charge is -2.25. The number of benzene rings is 1. The molecule has 0 amide bonds. The molecule has 0 saturated heterocycles. The Morgan fingerprint density at radius 2 is 1.95 bits per heavy atom. The van der Waals surface area contributed by atoms with E-state index in [1.807, 2.05) is 12.1 Å². The highest BCUT2D eigenvalue weighted by molar-refractivity contribution is 6.42. The van der Waals surface area contributed by atoms with Crippen LogP contribution in [0.15, 0.2) is 23.8 Å². The van der Waals surface area contributed by atoms with Gasteiger partial charge in [-0.1, -0.05) is 67.1 Å². The average Bonchev–Trinajstić information content (AvgIpc) is 2.51. The molecule has 1 aromatic carbocycles. The normalized spacial score (nSPS) is 17.2. The van der Waals surface area contributed by atoms with Gasteiger partial charge in [0.1, 0.15) is 0 Å². The summed E-state index contributed by atoms with van der Waals surface area (Å²) in [5, 5.41) is 4.81. The van der Waals surface area contributed by atoms with Crippen LogP contribution in [0.5, 0.6) is 0 Å². The molecular formula is C18H25Cl2N. The van der Waals surface area contributed by atoms with Crippen molar-refractivity contribution in [3.63, 3.8) is 0 Å². The largest absolute Gasteiger partial charge is 0.313 e. The standard InChI is InChI=1S/C18H25Cl2N/c1-2-10-21-13-16(15-6-4-3-5-7-15)11-14-8-9-17(19)18(20)12-14/h8-9,11-12,15,21H,2-7,10,13H2,1H3/b16-11-. The summed E-state index contributed by atoms with van der Waals surface area (Å²) in [5.74, 6) is 0.720. The van der Waals surface area contributed by atoms with Gasteiger partial charge >= 0.3 is 0 Å². The van der Waals surface area contributed by atoms with Gasteiger partial charge in [0.25, 0.3) is 0 Å². The van der Waals surface area contributed by atoms with Gasteiger partial charge in [0, 0.05) is 6.54 Å². The number of hydrogen-bond acceptors (Lipinski definition) is 1. The van der Waals surface area contributed by atoms with Crippen molar-refractivity contribution in [3.05, 3.63) is 39.4 Å². The van der Waals surface area contributed by atoms with E-state index >= 15 is 0 Å². The first-order chi connectivity index (χ1) is 10.2. The van der Waals surface area contributed by atoms with E-state index in [-0.39, 0.29) is 0 Å². The Kier molecular flexibility index (Phi) is 7.09. The molecule has 3 heteroatoms. The first-order valence-corrected chi connectivity index (χ1v) is 8.82. The first kappa shape index (κ1) is 16.9. The Morgan fingerprint density at radius 1 is 1.19 bits per heavy atom. The Bertz CT molecular complexity index is 476. The van der Waals surface area contributed by atoms with Crippen molar-refractivity contribution in [2.45, 2.75) is 45.4 Å². The summed E-state index contributed by atoms with van der Waals surface area (Å²) in [6.45, 7) is 4.26. The summed E-state index contributed by atoms with van der Waals surface area (Å²) in [6.07, 6.45) is 10.2. The van der Waals surface area contributed by atoms with Crippen molar-refractivity contribution >= 4 is 29.3 Å². The molecule has 21 heavy (non-hydrogen) atoms. The van der Waals surface area contributed by atoms with Gasteiger partial charge in [-0.05, 0) is 49.4 Å². The lowest BCUT2D eigenvalue weighted by molar-refractivity contribution is 0.396. The predicted molar refractivity (Wildman–Crippen MR) is 94.2 cm³/mol. The molecule has 1 fully saturated rings. The van der Waals surface area contributed by atoms with E-state index in [4.69, 9.17) is 23.2 Å². The summed E-state index contributed by atoms with van der Waals surface area (Å²) in [6, 6.07) is 5.90. The molecule has 1 aliphatic carbocycles. The highest BCUT2D eigenvalue weighted by atomic mass is 35.5.